The van der Waals surface area contributed by atoms with Gasteiger partial charge in [-0.3, -0.25) is 4.98 Å². The number of hydrogen-bond acceptors (Lipinski definition) is 1. The Morgan fingerprint density at radius 2 is 2.20 bits per heavy atom. The number of halogens is 1. The van der Waals surface area contributed by atoms with Crippen LogP contribution in [0.3, 0.4) is 0 Å². The van der Waals surface area contributed by atoms with Gasteiger partial charge in [0, 0.05) is 10.7 Å². The fourth-order valence-electron chi connectivity index (χ4n) is 0.823. The number of aromatic nitrogens is 1. The van der Waals surface area contributed by atoms with Crippen molar-refractivity contribution >= 4 is 15.9 Å². The SMILES string of the molecule is CC(C)c1ncccc1Br. The summed E-state index contributed by atoms with van der Waals surface area (Å²) in [5.74, 6) is 0.496. The van der Waals surface area contributed by atoms with Gasteiger partial charge in [-0.15, -0.1) is 0 Å². The van der Waals surface area contributed by atoms with E-state index in [0.29, 0.717) is 5.92 Å². The van der Waals surface area contributed by atoms with Crippen LogP contribution in [0.1, 0.15) is 25.5 Å². The maximum atomic E-state index is 4.23. The Labute approximate surface area is 69.6 Å². The maximum Gasteiger partial charge on any atom is 0.0570 e. The van der Waals surface area contributed by atoms with E-state index < -0.39 is 0 Å². The van der Waals surface area contributed by atoms with Crippen molar-refractivity contribution in [2.75, 3.05) is 0 Å². The van der Waals surface area contributed by atoms with Gasteiger partial charge in [-0.25, -0.2) is 0 Å². The minimum atomic E-state index is 0.496. The Hall–Kier alpha value is -0.370. The van der Waals surface area contributed by atoms with E-state index >= 15 is 0 Å². The minimum Gasteiger partial charge on any atom is -0.260 e. The lowest BCUT2D eigenvalue weighted by atomic mass is 10.1. The molecule has 0 fully saturated rings. The first-order valence-electron chi connectivity index (χ1n) is 3.32. The summed E-state index contributed by atoms with van der Waals surface area (Å²) in [6, 6.07) is 3.94. The molecule has 0 aliphatic heterocycles. The zero-order valence-corrected chi connectivity index (χ0v) is 7.72. The van der Waals surface area contributed by atoms with Crippen LogP contribution < -0.4 is 0 Å². The van der Waals surface area contributed by atoms with Gasteiger partial charge in [0.05, 0.1) is 5.69 Å². The van der Waals surface area contributed by atoms with Crippen molar-refractivity contribution in [2.24, 2.45) is 0 Å². The fourth-order valence-corrected chi connectivity index (χ4v) is 1.54. The number of rotatable bonds is 1. The molecule has 0 radical (unpaired) electrons. The van der Waals surface area contributed by atoms with Gasteiger partial charge < -0.3 is 0 Å². The van der Waals surface area contributed by atoms with Crippen molar-refractivity contribution in [1.29, 1.82) is 0 Å². The molecule has 0 unspecified atom stereocenters. The van der Waals surface area contributed by atoms with Crippen LogP contribution in [0.4, 0.5) is 0 Å². The summed E-state index contributed by atoms with van der Waals surface area (Å²) >= 11 is 3.43. The lowest BCUT2D eigenvalue weighted by molar-refractivity contribution is 0.816. The zero-order chi connectivity index (χ0) is 7.56. The summed E-state index contributed by atoms with van der Waals surface area (Å²) in [6.45, 7) is 4.26. The minimum absolute atomic E-state index is 0.496. The van der Waals surface area contributed by atoms with Crippen molar-refractivity contribution in [1.82, 2.24) is 4.98 Å². The fraction of sp³-hybridized carbons (Fsp3) is 0.375. The van der Waals surface area contributed by atoms with E-state index in [1.165, 1.54) is 0 Å². The summed E-state index contributed by atoms with van der Waals surface area (Å²) in [4.78, 5) is 4.23. The van der Waals surface area contributed by atoms with Gasteiger partial charge in [-0.05, 0) is 34.0 Å². The first-order chi connectivity index (χ1) is 4.72. The van der Waals surface area contributed by atoms with Crippen LogP contribution in [0.25, 0.3) is 0 Å². The summed E-state index contributed by atoms with van der Waals surface area (Å²) in [5, 5.41) is 0. The molecule has 1 nitrogen and oxygen atoms in total. The Bertz CT molecular complexity index is 220. The Balaban J connectivity index is 3.03. The van der Waals surface area contributed by atoms with Crippen molar-refractivity contribution in [2.45, 2.75) is 19.8 Å². The summed E-state index contributed by atoms with van der Waals surface area (Å²) in [6.07, 6.45) is 1.82. The Morgan fingerprint density at radius 3 is 2.60 bits per heavy atom. The average molecular weight is 200 g/mol. The van der Waals surface area contributed by atoms with E-state index in [9.17, 15) is 0 Å². The van der Waals surface area contributed by atoms with Gasteiger partial charge in [0.25, 0.3) is 0 Å². The summed E-state index contributed by atoms with van der Waals surface area (Å²) in [7, 11) is 0. The molecule has 0 bridgehead atoms. The number of hydrogen-bond donors (Lipinski definition) is 0. The molecule has 1 aromatic rings. The van der Waals surface area contributed by atoms with Gasteiger partial charge in [0.1, 0.15) is 0 Å². The predicted molar refractivity (Wildman–Crippen MR) is 46.0 cm³/mol. The molecule has 0 aromatic carbocycles. The molecule has 54 valence electrons. The van der Waals surface area contributed by atoms with E-state index in [4.69, 9.17) is 0 Å². The molecular formula is C8H10BrN. The molecule has 0 atom stereocenters. The third-order valence-corrected chi connectivity index (χ3v) is 2.00. The van der Waals surface area contributed by atoms with Crippen molar-refractivity contribution in [3.63, 3.8) is 0 Å². The molecule has 2 heteroatoms. The van der Waals surface area contributed by atoms with Gasteiger partial charge in [-0.2, -0.15) is 0 Å². The maximum absolute atomic E-state index is 4.23. The van der Waals surface area contributed by atoms with Crippen molar-refractivity contribution < 1.29 is 0 Å². The van der Waals surface area contributed by atoms with Crippen LogP contribution in [0, 0.1) is 0 Å². The molecule has 0 N–H and O–H groups in total. The highest BCUT2D eigenvalue weighted by Gasteiger charge is 2.02. The van der Waals surface area contributed by atoms with Gasteiger partial charge in [0.2, 0.25) is 0 Å². The van der Waals surface area contributed by atoms with Crippen LogP contribution in [0.5, 0.6) is 0 Å². The normalized spacial score (nSPS) is 10.4. The smallest absolute Gasteiger partial charge is 0.0570 e. The topological polar surface area (TPSA) is 12.9 Å². The third kappa shape index (κ3) is 1.57. The molecule has 0 saturated carbocycles. The van der Waals surface area contributed by atoms with E-state index in [-0.39, 0.29) is 0 Å². The molecule has 1 heterocycles. The second-order valence-corrected chi connectivity index (χ2v) is 3.38. The predicted octanol–water partition coefficient (Wildman–Crippen LogP) is 2.97. The second-order valence-electron chi connectivity index (χ2n) is 2.53. The first-order valence-corrected chi connectivity index (χ1v) is 4.11. The van der Waals surface area contributed by atoms with Crippen LogP contribution in [-0.2, 0) is 0 Å². The highest BCUT2D eigenvalue weighted by Crippen LogP contribution is 2.20. The average Bonchev–Trinajstić information content (AvgIpc) is 1.88. The van der Waals surface area contributed by atoms with Gasteiger partial charge >= 0.3 is 0 Å². The molecular weight excluding hydrogens is 190 g/mol. The lowest BCUT2D eigenvalue weighted by Gasteiger charge is -2.04. The summed E-state index contributed by atoms with van der Waals surface area (Å²) in [5.41, 5.74) is 1.13. The van der Waals surface area contributed by atoms with E-state index in [1.807, 2.05) is 18.3 Å². The van der Waals surface area contributed by atoms with Crippen LogP contribution in [0.15, 0.2) is 22.8 Å². The van der Waals surface area contributed by atoms with Crippen LogP contribution in [0.2, 0.25) is 0 Å². The first kappa shape index (κ1) is 7.73. The molecule has 10 heavy (non-hydrogen) atoms. The second kappa shape index (κ2) is 3.15. The van der Waals surface area contributed by atoms with E-state index in [1.54, 1.807) is 0 Å². The lowest BCUT2D eigenvalue weighted by Crippen LogP contribution is -1.91. The highest BCUT2D eigenvalue weighted by molar-refractivity contribution is 9.10. The van der Waals surface area contributed by atoms with Crippen LogP contribution >= 0.6 is 15.9 Å². The van der Waals surface area contributed by atoms with Crippen molar-refractivity contribution in [3.8, 4) is 0 Å². The standard InChI is InChI=1S/C8H10BrN/c1-6(2)8-7(9)4-3-5-10-8/h3-6H,1-2H3. The van der Waals surface area contributed by atoms with E-state index in [2.05, 4.69) is 34.8 Å². The molecule has 1 rings (SSSR count). The largest absolute Gasteiger partial charge is 0.260 e. The number of nitrogens with zero attached hydrogens (tertiary/aromatic N) is 1. The molecule has 0 amide bonds. The van der Waals surface area contributed by atoms with Crippen molar-refractivity contribution in [3.05, 3.63) is 28.5 Å². The molecule has 0 aliphatic carbocycles. The molecule has 1 aromatic heterocycles. The Morgan fingerprint density at radius 1 is 1.50 bits per heavy atom. The zero-order valence-electron chi connectivity index (χ0n) is 6.13. The van der Waals surface area contributed by atoms with Crippen LogP contribution in [-0.4, -0.2) is 4.98 Å². The summed E-state index contributed by atoms with van der Waals surface area (Å²) < 4.78 is 1.10. The van der Waals surface area contributed by atoms with E-state index in [0.717, 1.165) is 10.2 Å². The molecule has 0 saturated heterocycles. The third-order valence-electron chi connectivity index (χ3n) is 1.33. The van der Waals surface area contributed by atoms with Gasteiger partial charge in [0.15, 0.2) is 0 Å². The quantitative estimate of drug-likeness (QED) is 0.679. The highest BCUT2D eigenvalue weighted by atomic mass is 79.9. The Kier molecular flexibility index (Phi) is 2.44. The number of pyridine rings is 1. The van der Waals surface area contributed by atoms with Gasteiger partial charge in [-0.1, -0.05) is 13.8 Å². The molecule has 0 aliphatic rings. The monoisotopic (exact) mass is 199 g/mol. The molecule has 0 spiro atoms.